The minimum absolute atomic E-state index is 0.296. The second-order valence-corrected chi connectivity index (χ2v) is 13.4. The Morgan fingerprint density at radius 1 is 0.930 bits per heavy atom. The molecule has 8 N–H and O–H groups in total. The second kappa shape index (κ2) is 12.6. The number of ether oxygens (including phenoxy) is 1. The molecule has 0 saturated carbocycles. The second-order valence-electron chi connectivity index (χ2n) is 9.02. The lowest BCUT2D eigenvalue weighted by Crippen LogP contribution is -2.43. The van der Waals surface area contributed by atoms with Crippen molar-refractivity contribution in [3.8, 4) is 11.1 Å². The molecule has 2 aromatic heterocycles. The van der Waals surface area contributed by atoms with Crippen LogP contribution in [0.4, 0.5) is 5.69 Å². The maximum Gasteiger partial charge on any atom is 0.490 e. The average molecular weight is 666 g/mol. The molecule has 0 aliphatic carbocycles. The monoisotopic (exact) mass is 666 g/mol. The highest BCUT2D eigenvalue weighted by molar-refractivity contribution is 7.66. The van der Waals surface area contributed by atoms with Gasteiger partial charge in [-0.25, -0.2) is 18.5 Å². The number of phosphoric acid groups is 3. The summed E-state index contributed by atoms with van der Waals surface area (Å²) in [6.45, 7) is -1.39. The molecule has 234 valence electrons. The van der Waals surface area contributed by atoms with Gasteiger partial charge in [0.25, 0.3) is 5.56 Å². The van der Waals surface area contributed by atoms with E-state index < -0.39 is 65.9 Å². The Morgan fingerprint density at radius 3 is 2.30 bits per heavy atom. The summed E-state index contributed by atoms with van der Waals surface area (Å²) in [6, 6.07) is 11.3. The van der Waals surface area contributed by atoms with Crippen LogP contribution in [0.15, 0.2) is 64.4 Å². The van der Waals surface area contributed by atoms with Gasteiger partial charge in [-0.2, -0.15) is 8.62 Å². The van der Waals surface area contributed by atoms with Crippen LogP contribution in [0.1, 0.15) is 11.9 Å². The van der Waals surface area contributed by atoms with E-state index in [1.54, 1.807) is 30.3 Å². The lowest BCUT2D eigenvalue weighted by Gasteiger charge is -2.19. The summed E-state index contributed by atoms with van der Waals surface area (Å²) in [5.74, 6) is 0. The third-order valence-corrected chi connectivity index (χ3v) is 9.68. The van der Waals surface area contributed by atoms with Crippen LogP contribution < -0.4 is 17.0 Å². The maximum absolute atomic E-state index is 13.3. The lowest BCUT2D eigenvalue weighted by molar-refractivity contribution is -0.0547. The van der Waals surface area contributed by atoms with E-state index in [-0.39, 0.29) is 6.54 Å². The molecule has 0 amide bonds. The van der Waals surface area contributed by atoms with Crippen molar-refractivity contribution in [3.63, 3.8) is 0 Å². The number of nitrogens with two attached hydrogens (primary N) is 1. The molecule has 6 atom stereocenters. The van der Waals surface area contributed by atoms with Crippen molar-refractivity contribution >= 4 is 29.2 Å². The van der Waals surface area contributed by atoms with Gasteiger partial charge < -0.3 is 40.3 Å². The number of nitrogen functional groups attached to an aromatic ring is 1. The summed E-state index contributed by atoms with van der Waals surface area (Å²) < 4.78 is 52.8. The fourth-order valence-electron chi connectivity index (χ4n) is 4.06. The highest BCUT2D eigenvalue weighted by atomic mass is 31.3. The minimum Gasteiger partial charge on any atom is -0.399 e. The van der Waals surface area contributed by atoms with Gasteiger partial charge in [0.1, 0.15) is 18.3 Å². The molecule has 22 heteroatoms. The molecular formula is C21H25N4O15P3. The number of anilines is 1. The third-order valence-electron chi connectivity index (χ3n) is 5.88. The normalized spacial score (nSPS) is 23.5. The average Bonchev–Trinajstić information content (AvgIpc) is 3.16. The first-order valence-corrected chi connectivity index (χ1v) is 16.4. The van der Waals surface area contributed by atoms with Crippen molar-refractivity contribution in [1.82, 2.24) is 14.1 Å². The number of hydrogen-bond acceptors (Lipinski definition) is 13. The number of aliphatic hydroxyl groups excluding tert-OH is 2. The van der Waals surface area contributed by atoms with Gasteiger partial charge in [-0.3, -0.25) is 23.4 Å². The fraction of sp³-hybridized carbons (Fsp3) is 0.286. The van der Waals surface area contributed by atoms with Crippen LogP contribution in [0.2, 0.25) is 0 Å². The van der Waals surface area contributed by atoms with E-state index >= 15 is 0 Å². The molecule has 4 rings (SSSR count). The third kappa shape index (κ3) is 8.41. The molecule has 0 bridgehead atoms. The molecule has 0 spiro atoms. The van der Waals surface area contributed by atoms with E-state index in [1.165, 1.54) is 6.20 Å². The largest absolute Gasteiger partial charge is 0.490 e. The molecular weight excluding hydrogens is 641 g/mol. The first-order valence-electron chi connectivity index (χ1n) is 11.9. The van der Waals surface area contributed by atoms with Crippen LogP contribution >= 0.6 is 23.5 Å². The number of hydrogen-bond donors (Lipinski definition) is 7. The lowest BCUT2D eigenvalue weighted by atomic mass is 10.1. The van der Waals surface area contributed by atoms with E-state index in [9.17, 15) is 43.3 Å². The Balaban J connectivity index is 1.51. The van der Waals surface area contributed by atoms with Crippen LogP contribution in [0.5, 0.6) is 0 Å². The van der Waals surface area contributed by atoms with E-state index in [0.29, 0.717) is 16.9 Å². The van der Waals surface area contributed by atoms with E-state index in [0.717, 1.165) is 27.0 Å². The summed E-state index contributed by atoms with van der Waals surface area (Å²) in [6.07, 6.45) is -4.53. The van der Waals surface area contributed by atoms with E-state index in [4.69, 9.17) is 20.3 Å². The zero-order valence-electron chi connectivity index (χ0n) is 21.5. The topological polar surface area (TPSA) is 292 Å². The molecule has 1 aromatic carbocycles. The minimum atomic E-state index is -5.80. The van der Waals surface area contributed by atoms with Gasteiger partial charge in [-0.15, -0.1) is 0 Å². The smallest absolute Gasteiger partial charge is 0.399 e. The summed E-state index contributed by atoms with van der Waals surface area (Å²) in [4.78, 5) is 66.1. The Labute approximate surface area is 240 Å². The standard InChI is InChI=1S/C21H25N4O15P3/c22-14-3-1-2-12(8-14)13-4-6-23-15(9-13)10-25-17(26)5-7-24(21(25)29)20-19(28)18(27)16(38-20)11-37-42(33,34)40-43(35,36)39-41(30,31)32/h1-9,16,18-20,27-28H,10-11,22H2,(H,33,34)(H,35,36)(H2,30,31,32)/t16-,18?,19?,20-/m1/s1. The Morgan fingerprint density at radius 2 is 1.63 bits per heavy atom. The van der Waals surface area contributed by atoms with Crippen molar-refractivity contribution in [2.75, 3.05) is 12.3 Å². The van der Waals surface area contributed by atoms with Crippen molar-refractivity contribution in [3.05, 3.63) is 81.4 Å². The highest BCUT2D eigenvalue weighted by Gasteiger charge is 2.47. The SMILES string of the molecule is Nc1cccc(-c2ccnc(Cn3c(=O)ccn([C@@H]4O[C@H](COP(=O)(O)OP(=O)(O)OP(=O)(O)O)C(O)C4O)c3=O)c2)c1. The molecule has 0 radical (unpaired) electrons. The van der Waals surface area contributed by atoms with Gasteiger partial charge >= 0.3 is 29.2 Å². The number of phosphoric ester groups is 1. The number of nitrogens with zero attached hydrogens (tertiary/aromatic N) is 3. The number of aliphatic hydroxyl groups is 2. The van der Waals surface area contributed by atoms with Crippen LogP contribution in [0.25, 0.3) is 11.1 Å². The van der Waals surface area contributed by atoms with Crippen molar-refractivity contribution < 1.29 is 61.4 Å². The van der Waals surface area contributed by atoms with Gasteiger partial charge in [-0.05, 0) is 35.4 Å². The molecule has 4 unspecified atom stereocenters. The van der Waals surface area contributed by atoms with Crippen LogP contribution in [0, 0.1) is 0 Å². The predicted molar refractivity (Wildman–Crippen MR) is 144 cm³/mol. The van der Waals surface area contributed by atoms with Crippen molar-refractivity contribution in [2.45, 2.75) is 31.1 Å². The Bertz CT molecular complexity index is 1760. The zero-order chi connectivity index (χ0) is 31.7. The Kier molecular flexibility index (Phi) is 9.71. The Hall–Kier alpha value is -2.86. The molecule has 3 heterocycles. The number of benzene rings is 1. The van der Waals surface area contributed by atoms with Gasteiger partial charge in [0.05, 0.1) is 18.8 Å². The van der Waals surface area contributed by atoms with Crippen LogP contribution in [0.3, 0.4) is 0 Å². The number of pyridine rings is 1. The van der Waals surface area contributed by atoms with Crippen molar-refractivity contribution in [2.24, 2.45) is 0 Å². The fourth-order valence-corrected chi connectivity index (χ4v) is 7.09. The predicted octanol–water partition coefficient (Wildman–Crippen LogP) is -0.335. The summed E-state index contributed by atoms with van der Waals surface area (Å²) >= 11 is 0. The molecule has 3 aromatic rings. The zero-order valence-corrected chi connectivity index (χ0v) is 24.2. The first kappa shape index (κ1) is 33.0. The maximum atomic E-state index is 13.3. The highest BCUT2D eigenvalue weighted by Crippen LogP contribution is 2.66. The van der Waals surface area contributed by atoms with Crippen LogP contribution in [-0.2, 0) is 38.1 Å². The quantitative estimate of drug-likeness (QED) is 0.102. The molecule has 19 nitrogen and oxygen atoms in total. The van der Waals surface area contributed by atoms with Crippen molar-refractivity contribution in [1.29, 1.82) is 0 Å². The van der Waals surface area contributed by atoms with Gasteiger partial charge in [0.15, 0.2) is 6.23 Å². The van der Waals surface area contributed by atoms with Gasteiger partial charge in [0, 0.05) is 24.1 Å². The molecule has 43 heavy (non-hydrogen) atoms. The molecule has 1 fully saturated rings. The molecule has 1 aliphatic heterocycles. The summed E-state index contributed by atoms with van der Waals surface area (Å²) in [7, 11) is -17.0. The van der Waals surface area contributed by atoms with E-state index in [2.05, 4.69) is 18.1 Å². The van der Waals surface area contributed by atoms with Gasteiger partial charge in [0.2, 0.25) is 0 Å². The van der Waals surface area contributed by atoms with Crippen LogP contribution in [-0.4, -0.2) is 68.8 Å². The molecule has 1 saturated heterocycles. The first-order chi connectivity index (χ1) is 19.9. The van der Waals surface area contributed by atoms with E-state index in [1.807, 2.05) is 6.07 Å². The molecule has 1 aliphatic rings. The number of rotatable bonds is 11. The number of aromatic nitrogens is 3. The summed E-state index contributed by atoms with van der Waals surface area (Å²) in [5.41, 5.74) is 6.45. The summed E-state index contributed by atoms with van der Waals surface area (Å²) in [5, 5.41) is 20.9. The van der Waals surface area contributed by atoms with Gasteiger partial charge in [-0.1, -0.05) is 12.1 Å².